The molecule has 1 aliphatic rings. The third-order valence-corrected chi connectivity index (χ3v) is 5.02. The lowest BCUT2D eigenvalue weighted by atomic mass is 9.90. The number of hydrogen-bond acceptors (Lipinski definition) is 5. The van der Waals surface area contributed by atoms with Gasteiger partial charge in [0.1, 0.15) is 23.0 Å². The molecule has 0 bridgehead atoms. The van der Waals surface area contributed by atoms with E-state index in [2.05, 4.69) is 24.0 Å². The highest BCUT2D eigenvalue weighted by molar-refractivity contribution is 5.44. The first kappa shape index (κ1) is 18.5. The normalized spacial score (nSPS) is 20.2. The lowest BCUT2D eigenvalue weighted by Gasteiger charge is -2.22. The molecule has 1 aliphatic heterocycles. The Kier molecular flexibility index (Phi) is 5.69. The molecule has 0 saturated carbocycles. The summed E-state index contributed by atoms with van der Waals surface area (Å²) < 4.78 is 16.5. The van der Waals surface area contributed by atoms with Crippen molar-refractivity contribution >= 4 is 0 Å². The second-order valence-corrected chi connectivity index (χ2v) is 7.27. The SMILES string of the molecule is COc1cc(OC)cc(Oc2ccc(CN3CCC(C)(CN)C3)cc2)c1. The number of hydrogen-bond donors (Lipinski definition) is 1. The van der Waals surface area contributed by atoms with Gasteiger partial charge in [0.05, 0.1) is 14.2 Å². The lowest BCUT2D eigenvalue weighted by molar-refractivity contribution is 0.274. The van der Waals surface area contributed by atoms with Gasteiger partial charge in [0.15, 0.2) is 0 Å². The van der Waals surface area contributed by atoms with Gasteiger partial charge in [0.25, 0.3) is 0 Å². The van der Waals surface area contributed by atoms with Crippen LogP contribution in [-0.4, -0.2) is 38.8 Å². The molecule has 140 valence electrons. The van der Waals surface area contributed by atoms with Crippen LogP contribution < -0.4 is 19.9 Å². The molecule has 0 aliphatic carbocycles. The van der Waals surface area contributed by atoms with E-state index in [1.54, 1.807) is 14.2 Å². The number of nitrogens with zero attached hydrogens (tertiary/aromatic N) is 1. The largest absolute Gasteiger partial charge is 0.496 e. The van der Waals surface area contributed by atoms with Crippen LogP contribution in [0.4, 0.5) is 0 Å². The average molecular weight is 356 g/mol. The van der Waals surface area contributed by atoms with Gasteiger partial charge in [0.2, 0.25) is 0 Å². The van der Waals surface area contributed by atoms with Crippen LogP contribution in [0.15, 0.2) is 42.5 Å². The van der Waals surface area contributed by atoms with E-state index in [-0.39, 0.29) is 5.41 Å². The second kappa shape index (κ2) is 7.98. The molecule has 1 heterocycles. The molecule has 2 aromatic rings. The molecule has 5 nitrogen and oxygen atoms in total. The molecule has 1 fully saturated rings. The van der Waals surface area contributed by atoms with Crippen LogP contribution >= 0.6 is 0 Å². The fourth-order valence-corrected chi connectivity index (χ4v) is 3.32. The smallest absolute Gasteiger partial charge is 0.134 e. The summed E-state index contributed by atoms with van der Waals surface area (Å²) in [5, 5.41) is 0. The van der Waals surface area contributed by atoms with Gasteiger partial charge < -0.3 is 19.9 Å². The van der Waals surface area contributed by atoms with Crippen molar-refractivity contribution in [2.24, 2.45) is 11.1 Å². The lowest BCUT2D eigenvalue weighted by Crippen LogP contribution is -2.31. The van der Waals surface area contributed by atoms with Crippen LogP contribution in [-0.2, 0) is 6.54 Å². The van der Waals surface area contributed by atoms with Crippen LogP contribution in [0.2, 0.25) is 0 Å². The van der Waals surface area contributed by atoms with E-state index in [4.69, 9.17) is 19.9 Å². The van der Waals surface area contributed by atoms with Crippen molar-refractivity contribution in [1.82, 2.24) is 4.90 Å². The molecule has 2 aromatic carbocycles. The fourth-order valence-electron chi connectivity index (χ4n) is 3.32. The van der Waals surface area contributed by atoms with E-state index in [0.717, 1.165) is 31.9 Å². The summed E-state index contributed by atoms with van der Waals surface area (Å²) in [6.45, 7) is 6.14. The van der Waals surface area contributed by atoms with Crippen molar-refractivity contribution in [2.45, 2.75) is 19.9 Å². The van der Waals surface area contributed by atoms with E-state index in [0.29, 0.717) is 17.2 Å². The van der Waals surface area contributed by atoms with Gasteiger partial charge in [0, 0.05) is 31.3 Å². The van der Waals surface area contributed by atoms with E-state index >= 15 is 0 Å². The molecule has 1 saturated heterocycles. The quantitative estimate of drug-likeness (QED) is 0.820. The highest BCUT2D eigenvalue weighted by Gasteiger charge is 2.32. The Balaban J connectivity index is 1.63. The number of methoxy groups -OCH3 is 2. The maximum Gasteiger partial charge on any atom is 0.134 e. The first-order chi connectivity index (χ1) is 12.5. The van der Waals surface area contributed by atoms with Crippen molar-refractivity contribution in [1.29, 1.82) is 0 Å². The minimum absolute atomic E-state index is 0.258. The summed E-state index contributed by atoms with van der Waals surface area (Å²) in [5.74, 6) is 2.88. The Morgan fingerprint density at radius 2 is 1.58 bits per heavy atom. The summed E-state index contributed by atoms with van der Waals surface area (Å²) in [4.78, 5) is 2.47. The fraction of sp³-hybridized carbons (Fsp3) is 0.429. The van der Waals surface area contributed by atoms with Crippen LogP contribution in [0.5, 0.6) is 23.0 Å². The third-order valence-electron chi connectivity index (χ3n) is 5.02. The number of ether oxygens (including phenoxy) is 3. The summed E-state index contributed by atoms with van der Waals surface area (Å²) in [7, 11) is 3.25. The van der Waals surface area contributed by atoms with Gasteiger partial charge in [-0.15, -0.1) is 0 Å². The van der Waals surface area contributed by atoms with E-state index in [1.807, 2.05) is 30.3 Å². The molecule has 1 unspecified atom stereocenters. The number of benzene rings is 2. The zero-order chi connectivity index (χ0) is 18.6. The Labute approximate surface area is 155 Å². The minimum Gasteiger partial charge on any atom is -0.496 e. The van der Waals surface area contributed by atoms with Crippen LogP contribution in [0.3, 0.4) is 0 Å². The molecule has 0 spiro atoms. The average Bonchev–Trinajstić information content (AvgIpc) is 3.04. The molecule has 0 radical (unpaired) electrons. The van der Waals surface area contributed by atoms with Gasteiger partial charge in [-0.1, -0.05) is 19.1 Å². The molecule has 0 amide bonds. The van der Waals surface area contributed by atoms with Crippen LogP contribution in [0.25, 0.3) is 0 Å². The Morgan fingerprint density at radius 3 is 2.12 bits per heavy atom. The molecular weight excluding hydrogens is 328 g/mol. The molecule has 26 heavy (non-hydrogen) atoms. The van der Waals surface area contributed by atoms with Gasteiger partial charge in [-0.25, -0.2) is 0 Å². The van der Waals surface area contributed by atoms with Gasteiger partial charge in [-0.2, -0.15) is 0 Å². The zero-order valence-corrected chi connectivity index (χ0v) is 15.8. The monoisotopic (exact) mass is 356 g/mol. The predicted octanol–water partition coefficient (Wildman–Crippen LogP) is 3.67. The third kappa shape index (κ3) is 4.48. The summed E-state index contributed by atoms with van der Waals surface area (Å²) in [6.07, 6.45) is 1.17. The summed E-state index contributed by atoms with van der Waals surface area (Å²) >= 11 is 0. The molecule has 1 atom stereocenters. The second-order valence-electron chi connectivity index (χ2n) is 7.27. The highest BCUT2D eigenvalue weighted by atomic mass is 16.5. The van der Waals surface area contributed by atoms with Crippen molar-refractivity contribution in [3.63, 3.8) is 0 Å². The van der Waals surface area contributed by atoms with Crippen LogP contribution in [0.1, 0.15) is 18.9 Å². The first-order valence-electron chi connectivity index (χ1n) is 8.96. The first-order valence-corrected chi connectivity index (χ1v) is 8.96. The molecule has 5 heteroatoms. The zero-order valence-electron chi connectivity index (χ0n) is 15.8. The number of rotatable bonds is 7. The molecule has 3 rings (SSSR count). The van der Waals surface area contributed by atoms with Gasteiger partial charge >= 0.3 is 0 Å². The van der Waals surface area contributed by atoms with E-state index < -0.39 is 0 Å². The molecule has 0 aromatic heterocycles. The maximum atomic E-state index is 5.95. The van der Waals surface area contributed by atoms with Crippen molar-refractivity contribution in [3.05, 3.63) is 48.0 Å². The Hall–Kier alpha value is -2.24. The summed E-state index contributed by atoms with van der Waals surface area (Å²) in [5.41, 5.74) is 7.43. The number of likely N-dealkylation sites (tertiary alicyclic amines) is 1. The number of nitrogens with two attached hydrogens (primary N) is 1. The predicted molar refractivity (Wildman–Crippen MR) is 103 cm³/mol. The van der Waals surface area contributed by atoms with Crippen molar-refractivity contribution < 1.29 is 14.2 Å². The van der Waals surface area contributed by atoms with E-state index in [1.165, 1.54) is 12.0 Å². The standard InChI is InChI=1S/C21H28N2O3/c1-21(14-22)8-9-23(15-21)13-16-4-6-17(7-5-16)26-20-11-18(24-2)10-19(12-20)25-3/h4-7,10-12H,8-9,13-15,22H2,1-3H3. The van der Waals surface area contributed by atoms with Crippen molar-refractivity contribution in [2.75, 3.05) is 33.9 Å². The molecular formula is C21H28N2O3. The minimum atomic E-state index is 0.258. The van der Waals surface area contributed by atoms with Gasteiger partial charge in [-0.3, -0.25) is 4.90 Å². The van der Waals surface area contributed by atoms with Crippen molar-refractivity contribution in [3.8, 4) is 23.0 Å². The topological polar surface area (TPSA) is 57.0 Å². The Bertz CT molecular complexity index is 710. The van der Waals surface area contributed by atoms with Gasteiger partial charge in [-0.05, 0) is 42.6 Å². The summed E-state index contributed by atoms with van der Waals surface area (Å²) in [6, 6.07) is 13.7. The maximum absolute atomic E-state index is 5.95. The Morgan fingerprint density at radius 1 is 0.962 bits per heavy atom. The molecule has 2 N–H and O–H groups in total. The van der Waals surface area contributed by atoms with E-state index in [9.17, 15) is 0 Å². The highest BCUT2D eigenvalue weighted by Crippen LogP contribution is 2.32. The van der Waals surface area contributed by atoms with Crippen LogP contribution in [0, 0.1) is 5.41 Å².